The zero-order valence-electron chi connectivity index (χ0n) is 25.5. The second kappa shape index (κ2) is 9.19. The van der Waals surface area contributed by atoms with Crippen molar-refractivity contribution in [3.63, 3.8) is 0 Å². The molecule has 0 saturated carbocycles. The van der Waals surface area contributed by atoms with Gasteiger partial charge in [-0.1, -0.05) is 152 Å². The molecule has 47 heavy (non-hydrogen) atoms. The maximum Gasteiger partial charge on any atom is 0.0620 e. The number of fused-ring (bicyclic) bond motifs is 10. The first-order valence-electron chi connectivity index (χ1n) is 16.4. The van der Waals surface area contributed by atoms with E-state index in [2.05, 4.69) is 168 Å². The van der Waals surface area contributed by atoms with Crippen molar-refractivity contribution in [2.75, 3.05) is 0 Å². The third kappa shape index (κ3) is 3.28. The molecular formula is C46H27N. The van der Waals surface area contributed by atoms with Gasteiger partial charge in [-0.25, -0.2) is 0 Å². The van der Waals surface area contributed by atoms with Gasteiger partial charge in [-0.15, -0.1) is 0 Å². The Labute approximate surface area is 270 Å². The second-order valence-corrected chi connectivity index (χ2v) is 12.8. The van der Waals surface area contributed by atoms with Gasteiger partial charge in [-0.05, 0) is 66.3 Å². The van der Waals surface area contributed by atoms with Crippen LogP contribution in [-0.4, -0.2) is 4.40 Å². The Bertz CT molecular complexity index is 2850. The van der Waals surface area contributed by atoms with E-state index in [1.165, 1.54) is 103 Å². The van der Waals surface area contributed by atoms with Crippen LogP contribution < -0.4 is 0 Å². The normalized spacial score (nSPS) is 12.3. The quantitative estimate of drug-likeness (QED) is 0.188. The monoisotopic (exact) mass is 593 g/mol. The van der Waals surface area contributed by atoms with Crippen molar-refractivity contribution >= 4 is 81.2 Å². The molecule has 216 valence electrons. The molecule has 0 fully saturated rings. The minimum atomic E-state index is 1.26. The van der Waals surface area contributed by atoms with Crippen molar-refractivity contribution in [2.24, 2.45) is 0 Å². The summed E-state index contributed by atoms with van der Waals surface area (Å²) in [6.45, 7) is 0. The number of rotatable bonds is 2. The van der Waals surface area contributed by atoms with Crippen LogP contribution in [0.25, 0.3) is 103 Å². The molecule has 1 nitrogen and oxygen atoms in total. The highest BCUT2D eigenvalue weighted by Crippen LogP contribution is 2.50. The molecule has 0 aliphatic heterocycles. The van der Waals surface area contributed by atoms with Crippen molar-refractivity contribution in [3.8, 4) is 22.3 Å². The molecule has 11 aromatic rings. The highest BCUT2D eigenvalue weighted by molar-refractivity contribution is 6.33. The average molecular weight is 594 g/mol. The number of aromatic nitrogens is 1. The van der Waals surface area contributed by atoms with Crippen LogP contribution >= 0.6 is 0 Å². The molecule has 2 heterocycles. The molecule has 0 atom stereocenters. The molecule has 0 bridgehead atoms. The lowest BCUT2D eigenvalue weighted by atomic mass is 9.88. The Morgan fingerprint density at radius 1 is 0.298 bits per heavy atom. The highest BCUT2D eigenvalue weighted by Gasteiger charge is 2.25. The SMILES string of the molecule is c1ccc2c(-c3c4ccccc4cc4c3c3cccc5c6c(-c7cccc8ccccc78)c7ccccc7cc6n4c35)cccc2c1. The van der Waals surface area contributed by atoms with E-state index in [4.69, 9.17) is 0 Å². The molecule has 11 rings (SSSR count). The Balaban J connectivity index is 1.40. The number of nitrogens with zero attached hydrogens (tertiary/aromatic N) is 1. The molecule has 0 amide bonds. The summed E-state index contributed by atoms with van der Waals surface area (Å²) in [7, 11) is 0. The summed E-state index contributed by atoms with van der Waals surface area (Å²) < 4.78 is 2.57. The van der Waals surface area contributed by atoms with Crippen molar-refractivity contribution in [1.82, 2.24) is 4.40 Å². The molecule has 0 saturated heterocycles. The third-order valence-corrected chi connectivity index (χ3v) is 10.5. The van der Waals surface area contributed by atoms with Crippen LogP contribution in [0, 0.1) is 0 Å². The fraction of sp³-hybridized carbons (Fsp3) is 0. The van der Waals surface area contributed by atoms with Gasteiger partial charge in [0.25, 0.3) is 0 Å². The maximum atomic E-state index is 2.57. The molecule has 0 radical (unpaired) electrons. The van der Waals surface area contributed by atoms with Crippen LogP contribution in [0.5, 0.6) is 0 Å². The van der Waals surface area contributed by atoms with Crippen LogP contribution in [-0.2, 0) is 0 Å². The van der Waals surface area contributed by atoms with E-state index in [0.29, 0.717) is 0 Å². The standard InChI is InChI=1S/C46H27N/c1-5-18-32-28(12-1)16-9-22-36(32)42-34-20-7-3-14-30(34)26-40-44(42)38-24-11-25-39-45-41(47(40)46(38)39)27-31-15-4-8-21-35(31)43(45)37-23-10-17-29-13-2-6-19-33(29)37/h1-27H. The van der Waals surface area contributed by atoms with Gasteiger partial charge in [0.05, 0.1) is 16.6 Å². The van der Waals surface area contributed by atoms with E-state index < -0.39 is 0 Å². The van der Waals surface area contributed by atoms with Gasteiger partial charge >= 0.3 is 0 Å². The molecule has 1 heteroatoms. The Kier molecular flexibility index (Phi) is 4.90. The average Bonchev–Trinajstić information content (AvgIpc) is 3.64. The number of hydrogen-bond acceptors (Lipinski definition) is 0. The first-order valence-corrected chi connectivity index (χ1v) is 16.4. The van der Waals surface area contributed by atoms with Gasteiger partial charge in [0, 0.05) is 32.7 Å². The minimum Gasteiger partial charge on any atom is -0.308 e. The van der Waals surface area contributed by atoms with Gasteiger partial charge in [0.1, 0.15) is 0 Å². The van der Waals surface area contributed by atoms with Crippen molar-refractivity contribution < 1.29 is 0 Å². The topological polar surface area (TPSA) is 4.41 Å². The summed E-state index contributed by atoms with van der Waals surface area (Å²) in [6.07, 6.45) is 0. The highest BCUT2D eigenvalue weighted by atomic mass is 14.9. The lowest BCUT2D eigenvalue weighted by molar-refractivity contribution is 1.38. The third-order valence-electron chi connectivity index (χ3n) is 10.5. The molecular weight excluding hydrogens is 567 g/mol. The van der Waals surface area contributed by atoms with Gasteiger partial charge in [-0.3, -0.25) is 0 Å². The van der Waals surface area contributed by atoms with Crippen LogP contribution in [0.15, 0.2) is 164 Å². The predicted molar refractivity (Wildman–Crippen MR) is 202 cm³/mol. The van der Waals surface area contributed by atoms with Gasteiger partial charge in [0.15, 0.2) is 0 Å². The molecule has 0 aliphatic carbocycles. The molecule has 0 aliphatic rings. The Morgan fingerprint density at radius 2 is 0.660 bits per heavy atom. The fourth-order valence-corrected chi connectivity index (χ4v) is 8.57. The Morgan fingerprint density at radius 3 is 1.15 bits per heavy atom. The van der Waals surface area contributed by atoms with Gasteiger partial charge < -0.3 is 4.40 Å². The van der Waals surface area contributed by atoms with Gasteiger partial charge in [-0.2, -0.15) is 0 Å². The van der Waals surface area contributed by atoms with E-state index in [-0.39, 0.29) is 0 Å². The molecule has 0 unspecified atom stereocenters. The lowest BCUT2D eigenvalue weighted by Gasteiger charge is -2.15. The van der Waals surface area contributed by atoms with E-state index in [1.54, 1.807) is 0 Å². The summed E-state index contributed by atoms with van der Waals surface area (Å²) >= 11 is 0. The van der Waals surface area contributed by atoms with Crippen LogP contribution in [0.3, 0.4) is 0 Å². The maximum absolute atomic E-state index is 2.57. The van der Waals surface area contributed by atoms with E-state index in [1.807, 2.05) is 0 Å². The summed E-state index contributed by atoms with van der Waals surface area (Å²) in [6, 6.07) is 60.7. The van der Waals surface area contributed by atoms with Gasteiger partial charge in [0.2, 0.25) is 0 Å². The largest absolute Gasteiger partial charge is 0.308 e. The molecule has 2 aromatic heterocycles. The van der Waals surface area contributed by atoms with Crippen molar-refractivity contribution in [2.45, 2.75) is 0 Å². The summed E-state index contributed by atoms with van der Waals surface area (Å²) in [4.78, 5) is 0. The molecule has 9 aromatic carbocycles. The van der Waals surface area contributed by atoms with Crippen LogP contribution in [0.4, 0.5) is 0 Å². The Hall–Kier alpha value is -6.18. The number of hydrogen-bond donors (Lipinski definition) is 0. The lowest BCUT2D eigenvalue weighted by Crippen LogP contribution is -1.90. The van der Waals surface area contributed by atoms with E-state index in [0.717, 1.165) is 0 Å². The predicted octanol–water partition coefficient (Wildman–Crippen LogP) is 12.8. The first-order chi connectivity index (χ1) is 23.3. The van der Waals surface area contributed by atoms with Crippen molar-refractivity contribution in [3.05, 3.63) is 164 Å². The number of para-hydroxylation sites is 1. The summed E-state index contributed by atoms with van der Waals surface area (Å²) in [5.74, 6) is 0. The smallest absolute Gasteiger partial charge is 0.0620 e. The summed E-state index contributed by atoms with van der Waals surface area (Å²) in [5.41, 5.74) is 9.00. The van der Waals surface area contributed by atoms with E-state index in [9.17, 15) is 0 Å². The minimum absolute atomic E-state index is 1.26. The van der Waals surface area contributed by atoms with Crippen LogP contribution in [0.1, 0.15) is 0 Å². The number of benzene rings is 9. The molecule has 0 N–H and O–H groups in total. The second-order valence-electron chi connectivity index (χ2n) is 12.8. The zero-order chi connectivity index (χ0) is 30.6. The first kappa shape index (κ1) is 25.1. The molecule has 0 spiro atoms. The summed E-state index contributed by atoms with van der Waals surface area (Å²) in [5, 5.41) is 15.4. The van der Waals surface area contributed by atoms with Crippen LogP contribution in [0.2, 0.25) is 0 Å². The fourth-order valence-electron chi connectivity index (χ4n) is 8.57. The van der Waals surface area contributed by atoms with Crippen molar-refractivity contribution in [1.29, 1.82) is 0 Å². The van der Waals surface area contributed by atoms with E-state index >= 15 is 0 Å². The zero-order valence-corrected chi connectivity index (χ0v) is 25.5.